The first-order valence-corrected chi connectivity index (χ1v) is 11.1. The fourth-order valence-electron chi connectivity index (χ4n) is 4.32. The van der Waals surface area contributed by atoms with E-state index in [2.05, 4.69) is 25.9 Å². The van der Waals surface area contributed by atoms with Crippen molar-refractivity contribution in [2.75, 3.05) is 13.1 Å². The van der Waals surface area contributed by atoms with Crippen LogP contribution in [0.1, 0.15) is 43.0 Å². The maximum Gasteiger partial charge on any atom is 0.141 e. The first-order chi connectivity index (χ1) is 15.6. The molecule has 4 heterocycles. The molecule has 1 unspecified atom stereocenters. The van der Waals surface area contributed by atoms with Gasteiger partial charge in [-0.1, -0.05) is 0 Å². The van der Waals surface area contributed by atoms with E-state index in [1.165, 1.54) is 0 Å². The minimum atomic E-state index is -0.403. The Morgan fingerprint density at radius 1 is 1.06 bits per heavy atom. The molecule has 1 saturated carbocycles. The molecular weight excluding hydrogens is 402 g/mol. The zero-order valence-corrected chi connectivity index (χ0v) is 17.8. The van der Waals surface area contributed by atoms with Gasteiger partial charge in [-0.05, 0) is 49.3 Å². The van der Waals surface area contributed by atoms with Crippen LogP contribution in [0.15, 0.2) is 43.0 Å². The zero-order valence-electron chi connectivity index (χ0n) is 17.8. The normalized spacial score (nSPS) is 18.4. The van der Waals surface area contributed by atoms with Crippen molar-refractivity contribution >= 4 is 16.6 Å². The average Bonchev–Trinajstić information content (AvgIpc) is 3.66. The van der Waals surface area contributed by atoms with Crippen LogP contribution in [0.5, 0.6) is 0 Å². The number of aromatic nitrogens is 3. The second kappa shape index (κ2) is 8.73. The van der Waals surface area contributed by atoms with Crippen molar-refractivity contribution in [2.24, 2.45) is 5.92 Å². The Morgan fingerprint density at radius 3 is 2.59 bits per heavy atom. The second-order valence-electron chi connectivity index (χ2n) is 8.82. The highest BCUT2D eigenvalue weighted by Crippen LogP contribution is 2.31. The maximum absolute atomic E-state index is 12.2. The summed E-state index contributed by atoms with van der Waals surface area (Å²) in [6.45, 7) is 1.38. The average molecular weight is 428 g/mol. The number of aliphatic hydroxyl groups is 1. The van der Waals surface area contributed by atoms with Crippen molar-refractivity contribution in [1.82, 2.24) is 19.9 Å². The summed E-state index contributed by atoms with van der Waals surface area (Å²) >= 11 is 0. The highest BCUT2D eigenvalue weighted by Gasteiger charge is 2.29. The van der Waals surface area contributed by atoms with Crippen molar-refractivity contribution in [2.45, 2.75) is 44.2 Å². The van der Waals surface area contributed by atoms with Gasteiger partial charge in [0.2, 0.25) is 0 Å². The van der Waals surface area contributed by atoms with Gasteiger partial charge in [-0.3, -0.25) is 24.6 Å². The minimum absolute atomic E-state index is 0.227. The molecule has 7 nitrogen and oxygen atoms in total. The van der Waals surface area contributed by atoms with Gasteiger partial charge in [0.05, 0.1) is 17.9 Å². The number of aliphatic hydroxyl groups excluding tert-OH is 1. The van der Waals surface area contributed by atoms with E-state index in [9.17, 15) is 15.2 Å². The number of Topliss-reactive ketones (excluding diaryl/α,β-unsaturated/α-hetero) is 1. The molecule has 3 aromatic rings. The summed E-state index contributed by atoms with van der Waals surface area (Å²) in [5.41, 5.74) is 3.22. The zero-order chi connectivity index (χ0) is 22.1. The SMILES string of the molecule is N#CC(c1cncc(-c2cc3cc(CC(=O)C4CC4)ncc3cn2)c1)N1CCC(O)CC1. The molecule has 0 amide bonds. The lowest BCUT2D eigenvalue weighted by molar-refractivity contribution is -0.119. The molecular formula is C25H25N5O2. The lowest BCUT2D eigenvalue weighted by Gasteiger charge is -2.32. The molecule has 1 atom stereocenters. The monoisotopic (exact) mass is 427 g/mol. The number of likely N-dealkylation sites (tertiary alicyclic amines) is 1. The third-order valence-corrected chi connectivity index (χ3v) is 6.41. The fourth-order valence-corrected chi connectivity index (χ4v) is 4.32. The molecule has 1 N–H and O–H groups in total. The van der Waals surface area contributed by atoms with Gasteiger partial charge in [0.25, 0.3) is 0 Å². The summed E-state index contributed by atoms with van der Waals surface area (Å²) in [7, 11) is 0. The van der Waals surface area contributed by atoms with E-state index in [4.69, 9.17) is 0 Å². The van der Waals surface area contributed by atoms with Gasteiger partial charge >= 0.3 is 0 Å². The molecule has 3 aromatic heterocycles. The number of carbonyl (C=O) groups is 1. The number of fused-ring (bicyclic) bond motifs is 1. The highest BCUT2D eigenvalue weighted by molar-refractivity contribution is 5.88. The molecule has 1 saturated heterocycles. The van der Waals surface area contributed by atoms with Crippen LogP contribution in [-0.2, 0) is 11.2 Å². The van der Waals surface area contributed by atoms with E-state index in [1.54, 1.807) is 24.8 Å². The fraction of sp³-hybridized carbons (Fsp3) is 0.400. The van der Waals surface area contributed by atoms with E-state index >= 15 is 0 Å². The van der Waals surface area contributed by atoms with Gasteiger partial charge in [-0.25, -0.2) is 0 Å². The van der Waals surface area contributed by atoms with Crippen LogP contribution < -0.4 is 0 Å². The van der Waals surface area contributed by atoms with Crippen LogP contribution in [0.2, 0.25) is 0 Å². The van der Waals surface area contributed by atoms with Crippen LogP contribution in [0.25, 0.3) is 22.0 Å². The van der Waals surface area contributed by atoms with E-state index in [0.29, 0.717) is 32.4 Å². The number of piperidine rings is 1. The lowest BCUT2D eigenvalue weighted by atomic mass is 10.0. The van der Waals surface area contributed by atoms with Crippen LogP contribution in [0, 0.1) is 17.2 Å². The number of ketones is 1. The lowest BCUT2D eigenvalue weighted by Crippen LogP contribution is -2.38. The number of rotatable bonds is 6. The maximum atomic E-state index is 12.2. The van der Waals surface area contributed by atoms with E-state index in [-0.39, 0.29) is 17.8 Å². The van der Waals surface area contributed by atoms with Crippen LogP contribution in [0.4, 0.5) is 0 Å². The molecule has 0 bridgehead atoms. The van der Waals surface area contributed by atoms with E-state index in [1.807, 2.05) is 18.2 Å². The van der Waals surface area contributed by atoms with Crippen molar-refractivity contribution in [3.05, 3.63) is 54.2 Å². The molecule has 2 fully saturated rings. The topological polar surface area (TPSA) is 103 Å². The van der Waals surface area contributed by atoms with Gasteiger partial charge in [0.1, 0.15) is 11.8 Å². The largest absolute Gasteiger partial charge is 0.393 e. The van der Waals surface area contributed by atoms with Crippen molar-refractivity contribution in [1.29, 1.82) is 5.26 Å². The number of pyridine rings is 3. The molecule has 1 aliphatic carbocycles. The summed E-state index contributed by atoms with van der Waals surface area (Å²) in [5, 5.41) is 21.5. The molecule has 0 aromatic carbocycles. The van der Waals surface area contributed by atoms with Crippen molar-refractivity contribution in [3.63, 3.8) is 0 Å². The first-order valence-electron chi connectivity index (χ1n) is 11.1. The van der Waals surface area contributed by atoms with Crippen molar-refractivity contribution < 1.29 is 9.90 Å². The Labute approximate surface area is 186 Å². The van der Waals surface area contributed by atoms with Gasteiger partial charge in [-0.15, -0.1) is 0 Å². The Morgan fingerprint density at radius 2 is 1.84 bits per heavy atom. The Kier molecular flexibility index (Phi) is 5.64. The number of carbonyl (C=O) groups excluding carboxylic acids is 1. The summed E-state index contributed by atoms with van der Waals surface area (Å²) in [5.74, 6) is 0.501. The van der Waals surface area contributed by atoms with Crippen LogP contribution in [0.3, 0.4) is 0 Å². The summed E-state index contributed by atoms with van der Waals surface area (Å²) < 4.78 is 0. The Bertz CT molecular complexity index is 1190. The van der Waals surface area contributed by atoms with E-state index in [0.717, 1.165) is 46.1 Å². The molecule has 1 aliphatic heterocycles. The molecule has 7 heteroatoms. The number of nitriles is 1. The minimum Gasteiger partial charge on any atom is -0.393 e. The molecule has 0 spiro atoms. The smallest absolute Gasteiger partial charge is 0.141 e. The summed E-state index contributed by atoms with van der Waals surface area (Å²) in [4.78, 5) is 27.7. The molecule has 32 heavy (non-hydrogen) atoms. The number of hydrogen-bond donors (Lipinski definition) is 1. The Balaban J connectivity index is 1.41. The number of nitrogens with zero attached hydrogens (tertiary/aromatic N) is 5. The molecule has 0 radical (unpaired) electrons. The molecule has 5 rings (SSSR count). The van der Waals surface area contributed by atoms with Gasteiger partial charge in [0.15, 0.2) is 0 Å². The quantitative estimate of drug-likeness (QED) is 0.644. The summed E-state index contributed by atoms with van der Waals surface area (Å²) in [6, 6.07) is 7.92. The molecule has 162 valence electrons. The molecule has 2 aliphatic rings. The van der Waals surface area contributed by atoms with Gasteiger partial charge in [-0.2, -0.15) is 5.26 Å². The van der Waals surface area contributed by atoms with E-state index < -0.39 is 6.04 Å². The third kappa shape index (κ3) is 4.38. The predicted molar refractivity (Wildman–Crippen MR) is 119 cm³/mol. The van der Waals surface area contributed by atoms with Crippen molar-refractivity contribution in [3.8, 4) is 17.3 Å². The second-order valence-corrected chi connectivity index (χ2v) is 8.82. The van der Waals surface area contributed by atoms with Crippen LogP contribution in [-0.4, -0.2) is 49.9 Å². The first kappa shape index (κ1) is 20.7. The predicted octanol–water partition coefficient (Wildman–Crippen LogP) is 3.23. The van der Waals surface area contributed by atoms with Gasteiger partial charge < -0.3 is 5.11 Å². The highest BCUT2D eigenvalue weighted by atomic mass is 16.3. The number of hydrogen-bond acceptors (Lipinski definition) is 7. The Hall–Kier alpha value is -3.21. The van der Waals surface area contributed by atoms with Crippen LogP contribution >= 0.6 is 0 Å². The van der Waals surface area contributed by atoms with Gasteiger partial charge in [0, 0.05) is 72.4 Å². The third-order valence-electron chi connectivity index (χ3n) is 6.41. The standard InChI is InChI=1S/C25H25N5O2/c26-11-24(30-5-3-22(31)4-6-30)19-7-18(12-27-13-19)23-9-17-8-21(10-25(32)16-1-2-16)28-14-20(17)15-29-23/h7-9,12-16,22,24,31H,1-6,10H2. The summed E-state index contributed by atoms with van der Waals surface area (Å²) in [6.07, 6.45) is 10.5.